The van der Waals surface area contributed by atoms with Crippen LogP contribution in [0.25, 0.3) is 6.08 Å². The third-order valence-electron chi connectivity index (χ3n) is 10.1. The largest absolute Gasteiger partial charge is 0.499 e. The molecule has 262 valence electrons. The molecule has 0 radical (unpaired) electrons. The number of hydrogen-bond donors (Lipinski definition) is 5. The molecule has 0 aromatic heterocycles. The maximum absolute atomic E-state index is 14.6. The van der Waals surface area contributed by atoms with Gasteiger partial charge in [0.1, 0.15) is 42.5 Å². The van der Waals surface area contributed by atoms with Gasteiger partial charge in [-0.3, -0.25) is 19.2 Å². The summed E-state index contributed by atoms with van der Waals surface area (Å²) in [4.78, 5) is 48.1. The second-order valence-electron chi connectivity index (χ2n) is 13.3. The summed E-state index contributed by atoms with van der Waals surface area (Å²) in [5, 5.41) is 35.3. The Bertz CT molecular complexity index is 1570. The van der Waals surface area contributed by atoms with Gasteiger partial charge in [0.2, 0.25) is 11.8 Å². The van der Waals surface area contributed by atoms with Gasteiger partial charge in [-0.2, -0.15) is 5.06 Å². The summed E-state index contributed by atoms with van der Waals surface area (Å²) in [6, 6.07) is 12.8. The molecule has 3 saturated heterocycles. The van der Waals surface area contributed by atoms with Crippen LogP contribution in [0.4, 0.5) is 0 Å². The molecule has 14 nitrogen and oxygen atoms in total. The average Bonchev–Trinajstić information content (AvgIpc) is 3.76. The number of amides is 2. The molecule has 4 fully saturated rings. The summed E-state index contributed by atoms with van der Waals surface area (Å²) in [5.41, 5.74) is 2.25. The number of esters is 1. The lowest BCUT2D eigenvalue weighted by molar-refractivity contribution is -0.217. The van der Waals surface area contributed by atoms with E-state index in [2.05, 4.69) is 10.6 Å². The SMILES string of the molecule is CC(O)C(NC(=O)C12CC3OC(=O)C1N(Cc1ccc(C=COCCO)cc1)OC2C1OC2(Cc4ccccc4C2)OC31)C(=O)NCCO. The monoisotopic (exact) mass is 679 g/mol. The fraction of sp³-hybridized carbons (Fsp3) is 0.514. The predicted octanol–water partition coefficient (Wildman–Crippen LogP) is -0.281. The first kappa shape index (κ1) is 33.6. The molecular weight excluding hydrogens is 638 g/mol. The number of aliphatic hydroxyl groups excluding tert-OH is 3. The van der Waals surface area contributed by atoms with Gasteiger partial charge in [0.05, 0.1) is 32.1 Å². The highest BCUT2D eigenvalue weighted by Gasteiger charge is 2.76. The number of carbonyl (C=O) groups excluding carboxylic acids is 3. The van der Waals surface area contributed by atoms with Crippen LogP contribution >= 0.6 is 0 Å². The minimum Gasteiger partial charge on any atom is -0.499 e. The number of hydrogen-bond acceptors (Lipinski definition) is 12. The summed E-state index contributed by atoms with van der Waals surface area (Å²) in [5.74, 6) is -3.02. The van der Waals surface area contributed by atoms with Crippen molar-refractivity contribution in [1.29, 1.82) is 0 Å². The molecule has 8 unspecified atom stereocenters. The van der Waals surface area contributed by atoms with Crippen LogP contribution in [0.3, 0.4) is 0 Å². The van der Waals surface area contributed by atoms with Crippen LogP contribution in [0.2, 0.25) is 0 Å². The molecular formula is C35H41N3O11. The highest BCUT2D eigenvalue weighted by atomic mass is 16.8. The van der Waals surface area contributed by atoms with E-state index in [-0.39, 0.29) is 39.3 Å². The van der Waals surface area contributed by atoms with Crippen molar-refractivity contribution in [2.45, 2.75) is 81.1 Å². The second-order valence-corrected chi connectivity index (χ2v) is 13.3. The van der Waals surface area contributed by atoms with Gasteiger partial charge in [-0.15, -0.1) is 0 Å². The highest BCUT2D eigenvalue weighted by molar-refractivity contribution is 5.96. The lowest BCUT2D eigenvalue weighted by atomic mass is 9.62. The summed E-state index contributed by atoms with van der Waals surface area (Å²) in [7, 11) is 0. The van der Waals surface area contributed by atoms with Gasteiger partial charge in [0, 0.05) is 25.8 Å². The van der Waals surface area contributed by atoms with Crippen LogP contribution in [0.1, 0.15) is 35.6 Å². The summed E-state index contributed by atoms with van der Waals surface area (Å²) < 4.78 is 24.6. The van der Waals surface area contributed by atoms with Crippen molar-refractivity contribution in [2.75, 3.05) is 26.4 Å². The molecule has 2 amide bonds. The van der Waals surface area contributed by atoms with Gasteiger partial charge in [0.15, 0.2) is 11.8 Å². The zero-order valence-electron chi connectivity index (χ0n) is 27.0. The lowest BCUT2D eigenvalue weighted by Crippen LogP contribution is -2.71. The molecule has 3 heterocycles. The van der Waals surface area contributed by atoms with E-state index < -0.39 is 71.6 Å². The molecule has 1 saturated carbocycles. The molecule has 1 spiro atoms. The molecule has 8 atom stereocenters. The molecule has 49 heavy (non-hydrogen) atoms. The van der Waals surface area contributed by atoms with Crippen LogP contribution in [0.5, 0.6) is 0 Å². The Kier molecular flexibility index (Phi) is 9.21. The maximum Gasteiger partial charge on any atom is 0.327 e. The minimum atomic E-state index is -1.56. The van der Waals surface area contributed by atoms with Crippen molar-refractivity contribution >= 4 is 23.9 Å². The van der Waals surface area contributed by atoms with Crippen LogP contribution in [-0.4, -0.2) is 113 Å². The molecule has 2 aliphatic carbocycles. The van der Waals surface area contributed by atoms with Gasteiger partial charge >= 0.3 is 5.97 Å². The third kappa shape index (κ3) is 6.01. The number of benzene rings is 2. The van der Waals surface area contributed by atoms with Gasteiger partial charge in [-0.05, 0) is 35.3 Å². The van der Waals surface area contributed by atoms with Gasteiger partial charge in [-0.25, -0.2) is 0 Å². The van der Waals surface area contributed by atoms with E-state index in [9.17, 15) is 24.6 Å². The zero-order valence-corrected chi connectivity index (χ0v) is 27.0. The molecule has 2 aromatic carbocycles. The number of hydroxylamine groups is 2. The number of ether oxygens (including phenoxy) is 4. The smallest absolute Gasteiger partial charge is 0.327 e. The molecule has 2 aromatic rings. The van der Waals surface area contributed by atoms with E-state index in [1.165, 1.54) is 18.2 Å². The van der Waals surface area contributed by atoms with Crippen molar-refractivity contribution < 1.29 is 53.5 Å². The number of aliphatic hydroxyl groups is 3. The Morgan fingerprint density at radius 3 is 2.45 bits per heavy atom. The van der Waals surface area contributed by atoms with Crippen molar-refractivity contribution in [3.8, 4) is 0 Å². The fourth-order valence-corrected chi connectivity index (χ4v) is 7.89. The number of fused-ring (bicyclic) bond motifs is 5. The van der Waals surface area contributed by atoms with Crippen LogP contribution in [-0.2, 0) is 57.6 Å². The number of rotatable bonds is 12. The van der Waals surface area contributed by atoms with E-state index in [0.29, 0.717) is 12.8 Å². The van der Waals surface area contributed by atoms with Gasteiger partial charge in [0.25, 0.3) is 0 Å². The summed E-state index contributed by atoms with van der Waals surface area (Å²) in [6.45, 7) is 1.20. The van der Waals surface area contributed by atoms with Crippen molar-refractivity contribution in [3.05, 3.63) is 77.0 Å². The number of carbonyl (C=O) groups is 3. The van der Waals surface area contributed by atoms with Crippen molar-refractivity contribution in [2.24, 2.45) is 5.41 Å². The Morgan fingerprint density at radius 1 is 1.06 bits per heavy atom. The highest BCUT2D eigenvalue weighted by Crippen LogP contribution is 2.58. The topological polar surface area (TPSA) is 185 Å². The molecule has 5 N–H and O–H groups in total. The van der Waals surface area contributed by atoms with E-state index >= 15 is 0 Å². The van der Waals surface area contributed by atoms with Crippen molar-refractivity contribution in [1.82, 2.24) is 15.7 Å². The normalized spacial score (nSPS) is 30.4. The first-order valence-electron chi connectivity index (χ1n) is 16.6. The number of nitrogens with zero attached hydrogens (tertiary/aromatic N) is 1. The Labute approximate surface area is 282 Å². The lowest BCUT2D eigenvalue weighted by Gasteiger charge is -2.49. The Morgan fingerprint density at radius 2 is 1.78 bits per heavy atom. The summed E-state index contributed by atoms with van der Waals surface area (Å²) in [6.07, 6.45) is -0.336. The maximum atomic E-state index is 14.6. The second kappa shape index (κ2) is 13.4. The van der Waals surface area contributed by atoms with Crippen molar-refractivity contribution in [3.63, 3.8) is 0 Å². The zero-order chi connectivity index (χ0) is 34.3. The van der Waals surface area contributed by atoms with Crippen LogP contribution < -0.4 is 10.6 Å². The van der Waals surface area contributed by atoms with Gasteiger partial charge < -0.3 is 44.9 Å². The van der Waals surface area contributed by atoms with E-state index in [1.807, 2.05) is 48.5 Å². The molecule has 2 bridgehead atoms. The molecule has 5 aliphatic rings. The molecule has 7 rings (SSSR count). The predicted molar refractivity (Wildman–Crippen MR) is 170 cm³/mol. The van der Waals surface area contributed by atoms with Gasteiger partial charge in [-0.1, -0.05) is 48.5 Å². The summed E-state index contributed by atoms with van der Waals surface area (Å²) >= 11 is 0. The van der Waals surface area contributed by atoms with Crippen LogP contribution in [0, 0.1) is 5.41 Å². The molecule has 14 heteroatoms. The van der Waals surface area contributed by atoms with E-state index in [0.717, 1.165) is 22.3 Å². The first-order chi connectivity index (χ1) is 23.7. The quantitative estimate of drug-likeness (QED) is 0.113. The molecule has 3 aliphatic heterocycles. The Hall–Kier alpha value is -3.89. The van der Waals surface area contributed by atoms with Crippen LogP contribution in [0.15, 0.2) is 54.8 Å². The Balaban J connectivity index is 1.20. The van der Waals surface area contributed by atoms with E-state index in [4.69, 9.17) is 28.9 Å². The minimum absolute atomic E-state index is 0.0479. The number of nitrogens with one attached hydrogen (secondary N) is 2. The standard InChI is InChI=1S/C35H41N3O11/c1-20(41)26(31(42)36-11-12-39)37-33(44)35-18-25-27-28(48-34(47-27)16-23-4-2-3-5-24(23)17-34)30(35)49-38(29(35)32(43)46-25)19-22-8-6-21(7-9-22)10-14-45-15-13-40/h2-10,14,20,25-30,39-41H,11-13,15-19H2,1H3,(H,36,42)(H,37,44). The average molecular weight is 680 g/mol. The third-order valence-corrected chi connectivity index (χ3v) is 10.1. The first-order valence-corrected chi connectivity index (χ1v) is 16.6. The fourth-order valence-electron chi connectivity index (χ4n) is 7.89. The van der Waals surface area contributed by atoms with E-state index in [1.54, 1.807) is 6.08 Å².